The molecule has 2 aromatic rings. The van der Waals surface area contributed by atoms with Gasteiger partial charge in [0, 0.05) is 10.7 Å². The van der Waals surface area contributed by atoms with Gasteiger partial charge in [-0.2, -0.15) is 0 Å². The van der Waals surface area contributed by atoms with Gasteiger partial charge in [-0.25, -0.2) is 4.79 Å². The van der Waals surface area contributed by atoms with Crippen LogP contribution in [0, 0.1) is 0 Å². The minimum absolute atomic E-state index is 0.00173. The molecule has 2 N–H and O–H groups in total. The summed E-state index contributed by atoms with van der Waals surface area (Å²) in [5.41, 5.74) is 0.150. The minimum Gasteiger partial charge on any atom is -0.478 e. The number of hydrogen-bond donors (Lipinski definition) is 2. The Morgan fingerprint density at radius 3 is 2.43 bits per heavy atom. The molecule has 2 rings (SSSR count). The van der Waals surface area contributed by atoms with Crippen molar-refractivity contribution in [2.45, 2.75) is 0 Å². The molecular formula is C12H6Cl3N3O3. The minimum atomic E-state index is -1.17. The first-order valence-corrected chi connectivity index (χ1v) is 6.54. The first kappa shape index (κ1) is 15.5. The van der Waals surface area contributed by atoms with E-state index in [1.165, 1.54) is 24.3 Å². The molecule has 0 aliphatic rings. The van der Waals surface area contributed by atoms with Crippen LogP contribution in [0.1, 0.15) is 20.7 Å². The molecule has 1 heterocycles. The molecule has 0 spiro atoms. The lowest BCUT2D eigenvalue weighted by Crippen LogP contribution is -2.14. The van der Waals surface area contributed by atoms with Crippen molar-refractivity contribution >= 4 is 52.4 Å². The summed E-state index contributed by atoms with van der Waals surface area (Å²) in [6.07, 6.45) is 0. The molecule has 6 nitrogen and oxygen atoms in total. The summed E-state index contributed by atoms with van der Waals surface area (Å²) < 4.78 is 0. The Balaban J connectivity index is 2.31. The number of carbonyl (C=O) groups excluding carboxylic acids is 1. The van der Waals surface area contributed by atoms with Crippen LogP contribution >= 0.6 is 34.8 Å². The zero-order chi connectivity index (χ0) is 15.6. The number of nitrogens with one attached hydrogen (secondary N) is 1. The predicted octanol–water partition coefficient (Wildman–Crippen LogP) is 3.39. The molecule has 0 saturated heterocycles. The van der Waals surface area contributed by atoms with E-state index in [4.69, 9.17) is 39.9 Å². The molecule has 0 atom stereocenters. The normalized spacial score (nSPS) is 10.2. The molecule has 0 bridgehead atoms. The van der Waals surface area contributed by atoms with Crippen molar-refractivity contribution in [3.63, 3.8) is 0 Å². The third kappa shape index (κ3) is 3.81. The molecular weight excluding hydrogens is 341 g/mol. The Morgan fingerprint density at radius 1 is 1.05 bits per heavy atom. The summed E-state index contributed by atoms with van der Waals surface area (Å²) in [4.78, 5) is 23.0. The highest BCUT2D eigenvalue weighted by Gasteiger charge is 2.15. The lowest BCUT2D eigenvalue weighted by atomic mass is 10.2. The van der Waals surface area contributed by atoms with Crippen molar-refractivity contribution < 1.29 is 14.7 Å². The van der Waals surface area contributed by atoms with Crippen molar-refractivity contribution in [3.8, 4) is 0 Å². The maximum Gasteiger partial charge on any atom is 0.335 e. The van der Waals surface area contributed by atoms with Crippen molar-refractivity contribution in [3.05, 3.63) is 50.7 Å². The van der Waals surface area contributed by atoms with Crippen LogP contribution < -0.4 is 5.32 Å². The third-order valence-corrected chi connectivity index (χ3v) is 3.05. The van der Waals surface area contributed by atoms with Gasteiger partial charge in [-0.3, -0.25) is 4.79 Å². The number of aromatic carboxylic acids is 1. The van der Waals surface area contributed by atoms with Crippen molar-refractivity contribution in [1.82, 2.24) is 10.2 Å². The summed E-state index contributed by atoms with van der Waals surface area (Å²) in [5, 5.41) is 18.4. The number of carboxylic acid groups (broad SMARTS) is 1. The van der Waals surface area contributed by atoms with Gasteiger partial charge in [0.25, 0.3) is 5.91 Å². The van der Waals surface area contributed by atoms with Crippen molar-refractivity contribution in [1.29, 1.82) is 0 Å². The molecule has 21 heavy (non-hydrogen) atoms. The number of carboxylic acids is 1. The summed E-state index contributed by atoms with van der Waals surface area (Å²) in [5.74, 6) is -1.78. The van der Waals surface area contributed by atoms with Crippen LogP contribution in [-0.2, 0) is 0 Å². The summed E-state index contributed by atoms with van der Waals surface area (Å²) in [7, 11) is 0. The van der Waals surface area contributed by atoms with E-state index in [2.05, 4.69) is 15.5 Å². The Labute approximate surface area is 133 Å². The first-order valence-electron chi connectivity index (χ1n) is 5.41. The predicted molar refractivity (Wildman–Crippen MR) is 78.4 cm³/mol. The van der Waals surface area contributed by atoms with E-state index in [9.17, 15) is 9.59 Å². The number of amides is 1. The van der Waals surface area contributed by atoms with Crippen LogP contribution in [0.25, 0.3) is 0 Å². The smallest absolute Gasteiger partial charge is 0.335 e. The molecule has 108 valence electrons. The lowest BCUT2D eigenvalue weighted by Gasteiger charge is -2.07. The molecule has 1 aromatic heterocycles. The van der Waals surface area contributed by atoms with E-state index < -0.39 is 11.9 Å². The molecule has 0 saturated carbocycles. The highest BCUT2D eigenvalue weighted by Crippen LogP contribution is 2.21. The maximum absolute atomic E-state index is 12.1. The van der Waals surface area contributed by atoms with Gasteiger partial charge < -0.3 is 10.4 Å². The fourth-order valence-corrected chi connectivity index (χ4v) is 2.06. The first-order chi connectivity index (χ1) is 9.86. The maximum atomic E-state index is 12.1. The number of rotatable bonds is 3. The second-order valence-corrected chi connectivity index (χ2v) is 5.04. The SMILES string of the molecule is O=C(O)c1cc(Cl)cc(NC(=O)c2cc(Cl)nnc2Cl)c1. The topological polar surface area (TPSA) is 92.2 Å². The molecule has 0 aliphatic heterocycles. The molecule has 0 radical (unpaired) electrons. The van der Waals surface area contributed by atoms with Crippen LogP contribution in [-0.4, -0.2) is 27.2 Å². The monoisotopic (exact) mass is 345 g/mol. The number of benzene rings is 1. The van der Waals surface area contributed by atoms with E-state index in [1.807, 2.05) is 0 Å². The molecule has 1 aromatic carbocycles. The Bertz CT molecular complexity index is 737. The van der Waals surface area contributed by atoms with E-state index >= 15 is 0 Å². The van der Waals surface area contributed by atoms with Gasteiger partial charge in [0.05, 0.1) is 11.1 Å². The highest BCUT2D eigenvalue weighted by atomic mass is 35.5. The molecule has 0 fully saturated rings. The molecule has 0 aliphatic carbocycles. The average molecular weight is 347 g/mol. The average Bonchev–Trinajstić information content (AvgIpc) is 2.40. The van der Waals surface area contributed by atoms with E-state index in [0.29, 0.717) is 0 Å². The van der Waals surface area contributed by atoms with E-state index in [0.717, 1.165) is 0 Å². The van der Waals surface area contributed by atoms with Gasteiger partial charge in [0.1, 0.15) is 0 Å². The van der Waals surface area contributed by atoms with Gasteiger partial charge in [0.15, 0.2) is 10.3 Å². The number of halogens is 3. The lowest BCUT2D eigenvalue weighted by molar-refractivity contribution is 0.0696. The Hall–Kier alpha value is -1.89. The summed E-state index contributed by atoms with van der Waals surface area (Å²) >= 11 is 17.2. The Morgan fingerprint density at radius 2 is 1.76 bits per heavy atom. The number of nitrogens with zero attached hydrogens (tertiary/aromatic N) is 2. The van der Waals surface area contributed by atoms with Crippen LogP contribution in [0.5, 0.6) is 0 Å². The Kier molecular flexibility index (Phi) is 4.62. The van der Waals surface area contributed by atoms with Crippen LogP contribution in [0.3, 0.4) is 0 Å². The van der Waals surface area contributed by atoms with Gasteiger partial charge >= 0.3 is 5.97 Å². The largest absolute Gasteiger partial charge is 0.478 e. The van der Waals surface area contributed by atoms with Gasteiger partial charge in [-0.1, -0.05) is 34.8 Å². The standard InChI is InChI=1S/C12H6Cl3N3O3/c13-6-1-5(12(20)21)2-7(3-6)16-11(19)8-4-9(14)17-18-10(8)15/h1-4H,(H,16,19)(H,20,21). The molecule has 1 amide bonds. The fraction of sp³-hybridized carbons (Fsp3) is 0. The number of aromatic nitrogens is 2. The quantitative estimate of drug-likeness (QED) is 0.888. The van der Waals surface area contributed by atoms with E-state index in [1.54, 1.807) is 0 Å². The van der Waals surface area contributed by atoms with Crippen molar-refractivity contribution in [2.75, 3.05) is 5.32 Å². The highest BCUT2D eigenvalue weighted by molar-refractivity contribution is 6.34. The number of anilines is 1. The zero-order valence-electron chi connectivity index (χ0n) is 10.1. The molecule has 0 unspecified atom stereocenters. The van der Waals surface area contributed by atoms with Crippen LogP contribution in [0.4, 0.5) is 5.69 Å². The van der Waals surface area contributed by atoms with Crippen LogP contribution in [0.15, 0.2) is 24.3 Å². The van der Waals surface area contributed by atoms with Gasteiger partial charge in [-0.05, 0) is 24.3 Å². The second kappa shape index (κ2) is 6.26. The molecule has 9 heteroatoms. The van der Waals surface area contributed by atoms with Crippen molar-refractivity contribution in [2.24, 2.45) is 0 Å². The number of hydrogen-bond acceptors (Lipinski definition) is 4. The fourth-order valence-electron chi connectivity index (χ4n) is 1.50. The summed E-state index contributed by atoms with van der Waals surface area (Å²) in [6, 6.07) is 5.17. The summed E-state index contributed by atoms with van der Waals surface area (Å²) in [6.45, 7) is 0. The van der Waals surface area contributed by atoms with E-state index in [-0.39, 0.29) is 32.1 Å². The number of carbonyl (C=O) groups is 2. The van der Waals surface area contributed by atoms with Crippen LogP contribution in [0.2, 0.25) is 15.3 Å². The van der Waals surface area contributed by atoms with Gasteiger partial charge in [0.2, 0.25) is 0 Å². The second-order valence-electron chi connectivity index (χ2n) is 3.86. The third-order valence-electron chi connectivity index (χ3n) is 2.37. The zero-order valence-corrected chi connectivity index (χ0v) is 12.4. The van der Waals surface area contributed by atoms with Gasteiger partial charge in [-0.15, -0.1) is 10.2 Å².